The lowest BCUT2D eigenvalue weighted by atomic mass is 10.2. The first-order chi connectivity index (χ1) is 8.20. The average Bonchev–Trinajstić information content (AvgIpc) is 2.73. The van der Waals surface area contributed by atoms with Gasteiger partial charge in [0.25, 0.3) is 0 Å². The molecule has 1 aromatic heterocycles. The van der Waals surface area contributed by atoms with Crippen molar-refractivity contribution in [2.75, 3.05) is 18.2 Å². The minimum absolute atomic E-state index is 0.576. The Morgan fingerprint density at radius 2 is 2.29 bits per heavy atom. The molecule has 17 heavy (non-hydrogen) atoms. The van der Waals surface area contributed by atoms with E-state index in [0.717, 1.165) is 17.3 Å². The summed E-state index contributed by atoms with van der Waals surface area (Å²) in [6.45, 7) is 0.576. The van der Waals surface area contributed by atoms with Crippen LogP contribution in [-0.4, -0.2) is 21.9 Å². The van der Waals surface area contributed by atoms with Gasteiger partial charge in [-0.2, -0.15) is 0 Å². The Labute approximate surface area is 99.4 Å². The number of rotatable bonds is 4. The molecule has 0 aliphatic heterocycles. The Bertz CT molecular complexity index is 508. The molecule has 6 heteroatoms. The Hall–Kier alpha value is -2.24. The monoisotopic (exact) mass is 233 g/mol. The third kappa shape index (κ3) is 2.47. The molecule has 0 atom stereocenters. The summed E-state index contributed by atoms with van der Waals surface area (Å²) in [6.07, 6.45) is 1.66. The van der Waals surface area contributed by atoms with Gasteiger partial charge in [-0.15, -0.1) is 10.2 Å². The lowest BCUT2D eigenvalue weighted by Crippen LogP contribution is -2.07. The van der Waals surface area contributed by atoms with Crippen molar-refractivity contribution >= 4 is 11.4 Å². The number of anilines is 2. The van der Waals surface area contributed by atoms with Gasteiger partial charge in [0.15, 0.2) is 5.82 Å². The van der Waals surface area contributed by atoms with Crippen molar-refractivity contribution in [2.24, 2.45) is 7.05 Å². The third-order valence-electron chi connectivity index (χ3n) is 2.50. The molecule has 0 aliphatic carbocycles. The number of aromatic nitrogens is 3. The van der Waals surface area contributed by atoms with Crippen LogP contribution < -0.4 is 15.8 Å². The van der Waals surface area contributed by atoms with Crippen LogP contribution in [0.4, 0.5) is 11.4 Å². The molecule has 2 rings (SSSR count). The zero-order valence-electron chi connectivity index (χ0n) is 9.84. The number of nitrogens with zero attached hydrogens (tertiary/aromatic N) is 3. The zero-order chi connectivity index (χ0) is 12.3. The summed E-state index contributed by atoms with van der Waals surface area (Å²) in [6, 6.07) is 5.51. The number of hydrogen-bond acceptors (Lipinski definition) is 5. The Balaban J connectivity index is 2.07. The molecule has 0 saturated carbocycles. The van der Waals surface area contributed by atoms with Crippen LogP contribution in [-0.2, 0) is 13.6 Å². The highest BCUT2D eigenvalue weighted by Crippen LogP contribution is 2.24. The first-order valence-electron chi connectivity index (χ1n) is 5.21. The first-order valence-corrected chi connectivity index (χ1v) is 5.21. The largest absolute Gasteiger partial charge is 0.497 e. The second kappa shape index (κ2) is 4.73. The van der Waals surface area contributed by atoms with Crippen LogP contribution in [0.2, 0.25) is 0 Å². The standard InChI is InChI=1S/C11H15N5O/c1-16-7-14-15-11(16)6-13-10-4-3-8(17-2)5-9(10)12/h3-5,7,13H,6,12H2,1-2H3. The summed E-state index contributed by atoms with van der Waals surface area (Å²) in [5.74, 6) is 1.59. The molecular weight excluding hydrogens is 218 g/mol. The van der Waals surface area contributed by atoms with Gasteiger partial charge in [-0.25, -0.2) is 0 Å². The fourth-order valence-electron chi connectivity index (χ4n) is 1.47. The normalized spacial score (nSPS) is 10.2. The number of hydrogen-bond donors (Lipinski definition) is 2. The van der Waals surface area contributed by atoms with Crippen molar-refractivity contribution in [2.45, 2.75) is 6.54 Å². The van der Waals surface area contributed by atoms with E-state index in [9.17, 15) is 0 Å². The molecule has 0 radical (unpaired) electrons. The summed E-state index contributed by atoms with van der Waals surface area (Å²) in [5.41, 5.74) is 7.39. The van der Waals surface area contributed by atoms with E-state index in [1.54, 1.807) is 19.5 Å². The maximum absolute atomic E-state index is 5.89. The van der Waals surface area contributed by atoms with Crippen molar-refractivity contribution in [3.8, 4) is 5.75 Å². The number of nitrogen functional groups attached to an aromatic ring is 1. The Morgan fingerprint density at radius 3 is 2.88 bits per heavy atom. The number of nitrogens with one attached hydrogen (secondary N) is 1. The highest BCUT2D eigenvalue weighted by Gasteiger charge is 2.03. The first kappa shape index (κ1) is 11.3. The fraction of sp³-hybridized carbons (Fsp3) is 0.273. The van der Waals surface area contributed by atoms with Crippen molar-refractivity contribution in [1.29, 1.82) is 0 Å². The molecule has 0 unspecified atom stereocenters. The Morgan fingerprint density at radius 1 is 1.47 bits per heavy atom. The van der Waals surface area contributed by atoms with E-state index in [4.69, 9.17) is 10.5 Å². The van der Waals surface area contributed by atoms with Crippen LogP contribution in [0.1, 0.15) is 5.82 Å². The lowest BCUT2D eigenvalue weighted by Gasteiger charge is -2.10. The molecule has 1 aromatic carbocycles. The highest BCUT2D eigenvalue weighted by molar-refractivity contribution is 5.68. The van der Waals surface area contributed by atoms with E-state index in [-0.39, 0.29) is 0 Å². The van der Waals surface area contributed by atoms with Crippen LogP contribution in [0, 0.1) is 0 Å². The maximum Gasteiger partial charge on any atom is 0.151 e. The van der Waals surface area contributed by atoms with E-state index in [1.165, 1.54) is 0 Å². The zero-order valence-corrected chi connectivity index (χ0v) is 9.84. The average molecular weight is 233 g/mol. The van der Waals surface area contributed by atoms with Gasteiger partial charge < -0.3 is 20.4 Å². The van der Waals surface area contributed by atoms with Crippen molar-refractivity contribution in [3.63, 3.8) is 0 Å². The van der Waals surface area contributed by atoms with Crippen LogP contribution >= 0.6 is 0 Å². The van der Waals surface area contributed by atoms with E-state index in [0.29, 0.717) is 12.2 Å². The van der Waals surface area contributed by atoms with E-state index in [2.05, 4.69) is 15.5 Å². The number of benzene rings is 1. The van der Waals surface area contributed by atoms with Gasteiger partial charge in [-0.05, 0) is 12.1 Å². The van der Waals surface area contributed by atoms with Crippen LogP contribution in [0.15, 0.2) is 24.5 Å². The number of nitrogens with two attached hydrogens (primary N) is 1. The van der Waals surface area contributed by atoms with Gasteiger partial charge in [0.2, 0.25) is 0 Å². The van der Waals surface area contributed by atoms with Gasteiger partial charge in [0.05, 0.1) is 25.0 Å². The second-order valence-corrected chi connectivity index (χ2v) is 3.66. The van der Waals surface area contributed by atoms with Crippen LogP contribution in [0.25, 0.3) is 0 Å². The smallest absolute Gasteiger partial charge is 0.151 e. The molecule has 2 aromatic rings. The van der Waals surface area contributed by atoms with Gasteiger partial charge in [0.1, 0.15) is 12.1 Å². The minimum Gasteiger partial charge on any atom is -0.497 e. The molecular formula is C11H15N5O. The molecule has 0 saturated heterocycles. The van der Waals surface area contributed by atoms with Gasteiger partial charge >= 0.3 is 0 Å². The quantitative estimate of drug-likeness (QED) is 0.771. The molecule has 6 nitrogen and oxygen atoms in total. The highest BCUT2D eigenvalue weighted by atomic mass is 16.5. The molecule has 1 heterocycles. The van der Waals surface area contributed by atoms with E-state index >= 15 is 0 Å². The fourth-order valence-corrected chi connectivity index (χ4v) is 1.47. The van der Waals surface area contributed by atoms with Crippen LogP contribution in [0.5, 0.6) is 5.75 Å². The van der Waals surface area contributed by atoms with Gasteiger partial charge in [0, 0.05) is 13.1 Å². The predicted molar refractivity (Wildman–Crippen MR) is 65.7 cm³/mol. The third-order valence-corrected chi connectivity index (χ3v) is 2.50. The maximum atomic E-state index is 5.89. The molecule has 90 valence electrons. The van der Waals surface area contributed by atoms with Crippen molar-refractivity contribution in [1.82, 2.24) is 14.8 Å². The SMILES string of the molecule is COc1ccc(NCc2nncn2C)c(N)c1. The molecule has 0 fully saturated rings. The van der Waals surface area contributed by atoms with Crippen molar-refractivity contribution < 1.29 is 4.74 Å². The number of aryl methyl sites for hydroxylation is 1. The predicted octanol–water partition coefficient (Wildman–Crippen LogP) is 1.02. The van der Waals surface area contributed by atoms with Crippen LogP contribution in [0.3, 0.4) is 0 Å². The summed E-state index contributed by atoms with van der Waals surface area (Å²) in [5, 5.41) is 11.0. The van der Waals surface area contributed by atoms with Gasteiger partial charge in [-0.3, -0.25) is 0 Å². The van der Waals surface area contributed by atoms with E-state index < -0.39 is 0 Å². The van der Waals surface area contributed by atoms with E-state index in [1.807, 2.05) is 23.7 Å². The number of methoxy groups -OCH3 is 1. The second-order valence-electron chi connectivity index (χ2n) is 3.66. The number of ether oxygens (including phenoxy) is 1. The summed E-state index contributed by atoms with van der Waals surface area (Å²) in [4.78, 5) is 0. The molecule has 0 spiro atoms. The summed E-state index contributed by atoms with van der Waals surface area (Å²) in [7, 11) is 3.51. The topological polar surface area (TPSA) is 78.0 Å². The molecule has 0 bridgehead atoms. The molecule has 0 aliphatic rings. The summed E-state index contributed by atoms with van der Waals surface area (Å²) < 4.78 is 6.94. The van der Waals surface area contributed by atoms with Gasteiger partial charge in [-0.1, -0.05) is 0 Å². The lowest BCUT2D eigenvalue weighted by molar-refractivity contribution is 0.415. The Kier molecular flexibility index (Phi) is 3.13. The minimum atomic E-state index is 0.576. The van der Waals surface area contributed by atoms with Crippen molar-refractivity contribution in [3.05, 3.63) is 30.4 Å². The molecule has 3 N–H and O–H groups in total. The molecule has 0 amide bonds. The summed E-state index contributed by atoms with van der Waals surface area (Å²) >= 11 is 0.